The molecule has 2 rings (SSSR count). The van der Waals surface area contributed by atoms with Gasteiger partial charge in [0.05, 0.1) is 18.6 Å². The zero-order chi connectivity index (χ0) is 13.9. The fourth-order valence-corrected chi connectivity index (χ4v) is 2.48. The maximum absolute atomic E-state index is 5.80. The summed E-state index contributed by atoms with van der Waals surface area (Å²) in [6, 6.07) is 6.07. The Kier molecular flexibility index (Phi) is 4.42. The van der Waals surface area contributed by atoms with Crippen molar-refractivity contribution in [1.82, 2.24) is 5.32 Å². The van der Waals surface area contributed by atoms with Crippen molar-refractivity contribution in [1.29, 1.82) is 0 Å². The topological polar surface area (TPSA) is 38.3 Å². The first-order chi connectivity index (χ1) is 8.94. The molecule has 0 aliphatic rings. The molecular weight excluding hydrogens is 258 g/mol. The second-order valence-electron chi connectivity index (χ2n) is 5.60. The van der Waals surface area contributed by atoms with Gasteiger partial charge in [-0.25, -0.2) is 0 Å². The highest BCUT2D eigenvalue weighted by molar-refractivity contribution is 7.98. The van der Waals surface area contributed by atoms with Crippen LogP contribution in [0.2, 0.25) is 0 Å². The summed E-state index contributed by atoms with van der Waals surface area (Å²) >= 11 is 1.74. The van der Waals surface area contributed by atoms with Crippen LogP contribution in [0.25, 0.3) is 0 Å². The first-order valence-electron chi connectivity index (χ1n) is 6.43. The molecule has 0 atom stereocenters. The lowest BCUT2D eigenvalue weighted by Gasteiger charge is -2.19. The number of nitrogens with one attached hydrogen (secondary N) is 1. The molecule has 0 aromatic carbocycles. The predicted molar refractivity (Wildman–Crippen MR) is 78.3 cm³/mol. The highest BCUT2D eigenvalue weighted by Gasteiger charge is 2.11. The Morgan fingerprint density at radius 3 is 2.53 bits per heavy atom. The number of hydrogen-bond acceptors (Lipinski definition) is 4. The van der Waals surface area contributed by atoms with E-state index in [1.54, 1.807) is 18.0 Å². The Balaban J connectivity index is 1.86. The van der Waals surface area contributed by atoms with E-state index >= 15 is 0 Å². The van der Waals surface area contributed by atoms with Crippen LogP contribution >= 0.6 is 11.8 Å². The second-order valence-corrected chi connectivity index (χ2v) is 6.62. The van der Waals surface area contributed by atoms with Gasteiger partial charge in [-0.1, -0.05) is 0 Å². The molecule has 4 heteroatoms. The lowest BCUT2D eigenvalue weighted by Crippen LogP contribution is -2.34. The molecule has 2 aromatic rings. The minimum absolute atomic E-state index is 0.107. The number of furan rings is 2. The zero-order valence-corrected chi connectivity index (χ0v) is 12.8. The van der Waals surface area contributed by atoms with Gasteiger partial charge in [0, 0.05) is 10.4 Å². The van der Waals surface area contributed by atoms with Crippen molar-refractivity contribution in [3.8, 4) is 0 Å². The van der Waals surface area contributed by atoms with Crippen LogP contribution in [0.3, 0.4) is 0 Å². The molecule has 104 valence electrons. The Morgan fingerprint density at radius 2 is 1.89 bits per heavy atom. The summed E-state index contributed by atoms with van der Waals surface area (Å²) in [6.45, 7) is 9.18. The molecule has 0 bridgehead atoms. The van der Waals surface area contributed by atoms with Crippen LogP contribution in [0.15, 0.2) is 38.2 Å². The zero-order valence-electron chi connectivity index (χ0n) is 11.9. The van der Waals surface area contributed by atoms with Crippen molar-refractivity contribution < 1.29 is 8.83 Å². The van der Waals surface area contributed by atoms with Gasteiger partial charge in [-0.3, -0.25) is 0 Å². The standard InChI is InChI=1S/C15H21NO2S/c1-11-14(7-8-17-11)19-10-13-6-5-12(18-13)9-16-15(2,3)4/h5-8,16H,9-10H2,1-4H3. The van der Waals surface area contributed by atoms with Crippen LogP contribution in [-0.2, 0) is 12.3 Å². The van der Waals surface area contributed by atoms with E-state index in [1.807, 2.05) is 25.1 Å². The van der Waals surface area contributed by atoms with Gasteiger partial charge in [0.15, 0.2) is 0 Å². The van der Waals surface area contributed by atoms with E-state index in [1.165, 1.54) is 4.90 Å². The first-order valence-corrected chi connectivity index (χ1v) is 7.42. The molecule has 2 aromatic heterocycles. The van der Waals surface area contributed by atoms with Crippen LogP contribution in [0.1, 0.15) is 38.1 Å². The summed E-state index contributed by atoms with van der Waals surface area (Å²) in [5.41, 5.74) is 0.107. The molecule has 3 nitrogen and oxygen atoms in total. The van der Waals surface area contributed by atoms with E-state index in [0.29, 0.717) is 0 Å². The summed E-state index contributed by atoms with van der Waals surface area (Å²) in [4.78, 5) is 1.17. The molecule has 0 saturated heterocycles. The number of hydrogen-bond donors (Lipinski definition) is 1. The molecule has 0 radical (unpaired) electrons. The van der Waals surface area contributed by atoms with E-state index in [2.05, 4.69) is 26.1 Å². The molecule has 1 N–H and O–H groups in total. The largest absolute Gasteiger partial charge is 0.468 e. The summed E-state index contributed by atoms with van der Waals surface area (Å²) in [5, 5.41) is 3.41. The average molecular weight is 279 g/mol. The minimum Gasteiger partial charge on any atom is -0.468 e. The normalized spacial score (nSPS) is 12.0. The van der Waals surface area contributed by atoms with Crippen LogP contribution in [0.5, 0.6) is 0 Å². The molecular formula is C15H21NO2S. The van der Waals surface area contributed by atoms with E-state index in [4.69, 9.17) is 8.83 Å². The van der Waals surface area contributed by atoms with Gasteiger partial charge < -0.3 is 14.2 Å². The minimum atomic E-state index is 0.107. The van der Waals surface area contributed by atoms with E-state index < -0.39 is 0 Å². The molecule has 0 unspecified atom stereocenters. The SMILES string of the molecule is Cc1occc1SCc1ccc(CNC(C)(C)C)o1. The van der Waals surface area contributed by atoms with Crippen LogP contribution in [-0.4, -0.2) is 5.54 Å². The quantitative estimate of drug-likeness (QED) is 0.825. The van der Waals surface area contributed by atoms with Gasteiger partial charge >= 0.3 is 0 Å². The molecule has 2 heterocycles. The molecule has 0 fully saturated rings. The number of rotatable bonds is 5. The molecule has 0 saturated carbocycles. The third-order valence-electron chi connectivity index (χ3n) is 2.69. The lowest BCUT2D eigenvalue weighted by molar-refractivity contribution is 0.382. The maximum atomic E-state index is 5.80. The van der Waals surface area contributed by atoms with Gasteiger partial charge in [-0.15, -0.1) is 11.8 Å². The molecule has 0 spiro atoms. The number of aryl methyl sites for hydroxylation is 1. The number of thioether (sulfide) groups is 1. The van der Waals surface area contributed by atoms with Crippen molar-refractivity contribution in [2.24, 2.45) is 0 Å². The predicted octanol–water partition coefficient (Wildman–Crippen LogP) is 4.36. The van der Waals surface area contributed by atoms with E-state index in [9.17, 15) is 0 Å². The van der Waals surface area contributed by atoms with Crippen LogP contribution < -0.4 is 5.32 Å². The third-order valence-corrected chi connectivity index (χ3v) is 3.85. The lowest BCUT2D eigenvalue weighted by atomic mass is 10.1. The monoisotopic (exact) mass is 279 g/mol. The summed E-state index contributed by atoms with van der Waals surface area (Å²) in [7, 11) is 0. The van der Waals surface area contributed by atoms with Crippen LogP contribution in [0, 0.1) is 6.92 Å². The van der Waals surface area contributed by atoms with Crippen LogP contribution in [0.4, 0.5) is 0 Å². The van der Waals surface area contributed by atoms with Crippen molar-refractivity contribution in [3.05, 3.63) is 41.7 Å². The molecule has 19 heavy (non-hydrogen) atoms. The van der Waals surface area contributed by atoms with Gasteiger partial charge in [-0.05, 0) is 45.9 Å². The maximum Gasteiger partial charge on any atom is 0.118 e. The fraction of sp³-hybridized carbons (Fsp3) is 0.467. The molecule has 0 aliphatic heterocycles. The van der Waals surface area contributed by atoms with E-state index in [-0.39, 0.29) is 5.54 Å². The third kappa shape index (κ3) is 4.48. The van der Waals surface area contributed by atoms with Gasteiger partial charge in [0.1, 0.15) is 17.3 Å². The van der Waals surface area contributed by atoms with Gasteiger partial charge in [0.25, 0.3) is 0 Å². The average Bonchev–Trinajstić information content (AvgIpc) is 2.92. The fourth-order valence-electron chi connectivity index (χ4n) is 1.62. The van der Waals surface area contributed by atoms with E-state index in [0.717, 1.165) is 29.6 Å². The smallest absolute Gasteiger partial charge is 0.118 e. The van der Waals surface area contributed by atoms with Crippen molar-refractivity contribution in [3.63, 3.8) is 0 Å². The molecule has 0 aliphatic carbocycles. The molecule has 0 amide bonds. The van der Waals surface area contributed by atoms with Gasteiger partial charge in [-0.2, -0.15) is 0 Å². The van der Waals surface area contributed by atoms with Gasteiger partial charge in [0.2, 0.25) is 0 Å². The summed E-state index contributed by atoms with van der Waals surface area (Å²) in [5.74, 6) is 3.77. The Morgan fingerprint density at radius 1 is 1.16 bits per heavy atom. The first kappa shape index (κ1) is 14.3. The van der Waals surface area contributed by atoms with Crippen molar-refractivity contribution in [2.75, 3.05) is 0 Å². The second kappa shape index (κ2) is 5.88. The van der Waals surface area contributed by atoms with Crippen molar-refractivity contribution in [2.45, 2.75) is 50.4 Å². The summed E-state index contributed by atoms with van der Waals surface area (Å²) < 4.78 is 11.1. The summed E-state index contributed by atoms with van der Waals surface area (Å²) in [6.07, 6.45) is 1.72. The van der Waals surface area contributed by atoms with Crippen molar-refractivity contribution >= 4 is 11.8 Å². The Hall–Kier alpha value is -1.13. The Labute approximate surface area is 118 Å². The highest BCUT2D eigenvalue weighted by Crippen LogP contribution is 2.27. The highest BCUT2D eigenvalue weighted by atomic mass is 32.2. The Bertz CT molecular complexity index is 522.